The Morgan fingerprint density at radius 3 is 2.62 bits per heavy atom. The van der Waals surface area contributed by atoms with Gasteiger partial charge in [-0.05, 0) is 24.8 Å². The van der Waals surface area contributed by atoms with Crippen LogP contribution in [0.5, 0.6) is 11.5 Å². The molecule has 1 N–H and O–H groups in total. The van der Waals surface area contributed by atoms with E-state index in [0.717, 1.165) is 18.4 Å². The fraction of sp³-hybridized carbons (Fsp3) is 0.562. The fourth-order valence-electron chi connectivity index (χ4n) is 2.94. The van der Waals surface area contributed by atoms with Crippen LogP contribution in [-0.4, -0.2) is 48.8 Å². The van der Waals surface area contributed by atoms with Gasteiger partial charge in [0, 0.05) is 11.6 Å². The van der Waals surface area contributed by atoms with Gasteiger partial charge >= 0.3 is 0 Å². The average molecular weight is 291 g/mol. The highest BCUT2D eigenvalue weighted by molar-refractivity contribution is 5.80. The molecule has 0 atom stereocenters. The SMILES string of the molecule is COc1ccc(CC(=O)N2CC(O)(C3CC3)C2)c(OC)c1. The van der Waals surface area contributed by atoms with Crippen LogP contribution >= 0.6 is 0 Å². The molecular weight excluding hydrogens is 270 g/mol. The number of hydrogen-bond acceptors (Lipinski definition) is 4. The van der Waals surface area contributed by atoms with E-state index in [-0.39, 0.29) is 12.3 Å². The van der Waals surface area contributed by atoms with E-state index in [9.17, 15) is 9.90 Å². The van der Waals surface area contributed by atoms with Gasteiger partial charge in [0.25, 0.3) is 0 Å². The van der Waals surface area contributed by atoms with Gasteiger partial charge in [0.15, 0.2) is 0 Å². The van der Waals surface area contributed by atoms with Gasteiger partial charge in [-0.3, -0.25) is 4.79 Å². The maximum absolute atomic E-state index is 12.3. The third kappa shape index (κ3) is 2.70. The van der Waals surface area contributed by atoms with E-state index in [2.05, 4.69) is 0 Å². The molecule has 1 aromatic rings. The summed E-state index contributed by atoms with van der Waals surface area (Å²) in [7, 11) is 3.18. The van der Waals surface area contributed by atoms with Crippen molar-refractivity contribution >= 4 is 5.91 Å². The van der Waals surface area contributed by atoms with Gasteiger partial charge in [-0.25, -0.2) is 0 Å². The number of nitrogens with zero attached hydrogens (tertiary/aromatic N) is 1. The molecule has 1 aromatic carbocycles. The molecule has 21 heavy (non-hydrogen) atoms. The quantitative estimate of drug-likeness (QED) is 0.886. The molecule has 0 spiro atoms. The summed E-state index contributed by atoms with van der Waals surface area (Å²) in [6.45, 7) is 0.934. The molecule has 1 saturated carbocycles. The van der Waals surface area contributed by atoms with E-state index >= 15 is 0 Å². The predicted molar refractivity (Wildman–Crippen MR) is 77.5 cm³/mol. The summed E-state index contributed by atoms with van der Waals surface area (Å²) in [6, 6.07) is 5.45. The van der Waals surface area contributed by atoms with Gasteiger partial charge in [-0.15, -0.1) is 0 Å². The first kappa shape index (κ1) is 14.2. The van der Waals surface area contributed by atoms with Crippen molar-refractivity contribution in [2.24, 2.45) is 5.92 Å². The van der Waals surface area contributed by atoms with Crippen LogP contribution in [-0.2, 0) is 11.2 Å². The molecule has 3 rings (SSSR count). The molecule has 1 heterocycles. The second-order valence-electron chi connectivity index (χ2n) is 5.98. The first-order chi connectivity index (χ1) is 10.1. The Bertz CT molecular complexity index is 547. The zero-order chi connectivity index (χ0) is 15.0. The molecule has 0 radical (unpaired) electrons. The van der Waals surface area contributed by atoms with Gasteiger partial charge in [0.2, 0.25) is 5.91 Å². The van der Waals surface area contributed by atoms with Crippen LogP contribution in [0.3, 0.4) is 0 Å². The summed E-state index contributed by atoms with van der Waals surface area (Å²) < 4.78 is 10.5. The summed E-state index contributed by atoms with van der Waals surface area (Å²) in [5, 5.41) is 10.3. The Morgan fingerprint density at radius 1 is 1.33 bits per heavy atom. The van der Waals surface area contributed by atoms with Crippen molar-refractivity contribution in [1.82, 2.24) is 4.90 Å². The zero-order valence-corrected chi connectivity index (χ0v) is 12.5. The Morgan fingerprint density at radius 2 is 2.05 bits per heavy atom. The highest BCUT2D eigenvalue weighted by atomic mass is 16.5. The molecular formula is C16H21NO4. The molecule has 114 valence electrons. The number of carbonyl (C=O) groups is 1. The van der Waals surface area contributed by atoms with Crippen molar-refractivity contribution in [1.29, 1.82) is 0 Å². The first-order valence-electron chi connectivity index (χ1n) is 7.27. The molecule has 1 aliphatic heterocycles. The van der Waals surface area contributed by atoms with Crippen LogP contribution < -0.4 is 9.47 Å². The number of aliphatic hydroxyl groups is 1. The molecule has 2 fully saturated rings. The minimum atomic E-state index is -0.625. The number of likely N-dealkylation sites (tertiary alicyclic amines) is 1. The highest BCUT2D eigenvalue weighted by Gasteiger charge is 2.53. The van der Waals surface area contributed by atoms with E-state index in [1.165, 1.54) is 0 Å². The molecule has 5 nitrogen and oxygen atoms in total. The predicted octanol–water partition coefficient (Wildman–Crippen LogP) is 1.23. The Hall–Kier alpha value is -1.75. The Labute approximate surface area is 124 Å². The monoisotopic (exact) mass is 291 g/mol. The third-order valence-corrected chi connectivity index (χ3v) is 4.46. The molecule has 0 unspecified atom stereocenters. The van der Waals surface area contributed by atoms with Crippen molar-refractivity contribution in [3.05, 3.63) is 23.8 Å². The fourth-order valence-corrected chi connectivity index (χ4v) is 2.94. The highest BCUT2D eigenvalue weighted by Crippen LogP contribution is 2.44. The van der Waals surface area contributed by atoms with Crippen LogP contribution in [0.15, 0.2) is 18.2 Å². The summed E-state index contributed by atoms with van der Waals surface area (Å²) in [5.74, 6) is 1.79. The normalized spacial score (nSPS) is 19.9. The maximum atomic E-state index is 12.3. The number of β-amino-alcohol motifs (C(OH)–C–C–N with tert-alkyl or cyclic N) is 1. The lowest BCUT2D eigenvalue weighted by molar-refractivity contribution is -0.158. The standard InChI is InChI=1S/C16H21NO4/c1-20-13-6-3-11(14(8-13)21-2)7-15(18)17-9-16(19,10-17)12-4-5-12/h3,6,8,12,19H,4-5,7,9-10H2,1-2H3. The molecule has 0 bridgehead atoms. The summed E-state index contributed by atoms with van der Waals surface area (Å²) >= 11 is 0. The van der Waals surface area contributed by atoms with Crippen LogP contribution in [0.25, 0.3) is 0 Å². The first-order valence-corrected chi connectivity index (χ1v) is 7.27. The van der Waals surface area contributed by atoms with Crippen molar-refractivity contribution in [3.63, 3.8) is 0 Å². The van der Waals surface area contributed by atoms with E-state index in [4.69, 9.17) is 9.47 Å². The van der Waals surface area contributed by atoms with Gasteiger partial charge in [-0.2, -0.15) is 0 Å². The van der Waals surface area contributed by atoms with Crippen molar-refractivity contribution < 1.29 is 19.4 Å². The lowest BCUT2D eigenvalue weighted by Gasteiger charge is -2.47. The van der Waals surface area contributed by atoms with E-state index < -0.39 is 5.60 Å². The summed E-state index contributed by atoms with van der Waals surface area (Å²) in [4.78, 5) is 14.0. The van der Waals surface area contributed by atoms with E-state index in [0.29, 0.717) is 30.5 Å². The van der Waals surface area contributed by atoms with Crippen molar-refractivity contribution in [2.45, 2.75) is 24.9 Å². The van der Waals surface area contributed by atoms with Crippen LogP contribution in [0.4, 0.5) is 0 Å². The molecule has 0 aromatic heterocycles. The van der Waals surface area contributed by atoms with Crippen LogP contribution in [0.2, 0.25) is 0 Å². The number of methoxy groups -OCH3 is 2. The zero-order valence-electron chi connectivity index (χ0n) is 12.5. The van der Waals surface area contributed by atoms with Gasteiger partial charge in [0.05, 0.1) is 33.7 Å². The number of carbonyl (C=O) groups excluding carboxylic acids is 1. The van der Waals surface area contributed by atoms with Crippen LogP contribution in [0, 0.1) is 5.92 Å². The minimum absolute atomic E-state index is 0.0313. The van der Waals surface area contributed by atoms with Crippen molar-refractivity contribution in [2.75, 3.05) is 27.3 Å². The minimum Gasteiger partial charge on any atom is -0.497 e. The largest absolute Gasteiger partial charge is 0.497 e. The lowest BCUT2D eigenvalue weighted by Crippen LogP contribution is -2.65. The molecule has 1 aliphatic carbocycles. The van der Waals surface area contributed by atoms with Gasteiger partial charge in [0.1, 0.15) is 17.1 Å². The lowest BCUT2D eigenvalue weighted by atomic mass is 9.88. The van der Waals surface area contributed by atoms with E-state index in [1.54, 1.807) is 25.2 Å². The van der Waals surface area contributed by atoms with Crippen molar-refractivity contribution in [3.8, 4) is 11.5 Å². The average Bonchev–Trinajstić information content (AvgIpc) is 3.29. The summed E-state index contributed by atoms with van der Waals surface area (Å²) in [5.41, 5.74) is 0.213. The summed E-state index contributed by atoms with van der Waals surface area (Å²) in [6.07, 6.45) is 2.46. The number of benzene rings is 1. The Kier molecular flexibility index (Phi) is 3.53. The van der Waals surface area contributed by atoms with E-state index in [1.807, 2.05) is 12.1 Å². The van der Waals surface area contributed by atoms with Gasteiger partial charge < -0.3 is 19.5 Å². The Balaban J connectivity index is 1.63. The third-order valence-electron chi connectivity index (χ3n) is 4.46. The second kappa shape index (κ2) is 5.22. The smallest absolute Gasteiger partial charge is 0.227 e. The van der Waals surface area contributed by atoms with Crippen LogP contribution in [0.1, 0.15) is 18.4 Å². The number of rotatable bonds is 5. The number of ether oxygens (including phenoxy) is 2. The molecule has 5 heteroatoms. The molecule has 2 aliphatic rings. The number of hydrogen-bond donors (Lipinski definition) is 1. The number of amides is 1. The second-order valence-corrected chi connectivity index (χ2v) is 5.98. The maximum Gasteiger partial charge on any atom is 0.227 e. The molecule has 1 saturated heterocycles. The topological polar surface area (TPSA) is 59.0 Å². The molecule has 1 amide bonds. The van der Waals surface area contributed by atoms with Gasteiger partial charge in [-0.1, -0.05) is 6.07 Å².